The van der Waals surface area contributed by atoms with Crippen molar-refractivity contribution in [2.75, 3.05) is 13.2 Å². The molecule has 1 aromatic carbocycles. The van der Waals surface area contributed by atoms with Crippen LogP contribution in [-0.2, 0) is 16.4 Å². The average molecular weight is 309 g/mol. The number of benzene rings is 1. The second kappa shape index (κ2) is 6.78. The standard InChI is InChI=1S/C15H19NO4S/c1-3-20-14-5-4-12(2)10-15(14)21(17,18)16-8-6-13-7-9-19-11-13/h4-5,7,9-11,16H,3,6,8H2,1-2H3. The van der Waals surface area contributed by atoms with Gasteiger partial charge >= 0.3 is 0 Å². The minimum Gasteiger partial charge on any atom is -0.492 e. The topological polar surface area (TPSA) is 68.5 Å². The van der Waals surface area contributed by atoms with Gasteiger partial charge in [-0.15, -0.1) is 0 Å². The molecule has 0 radical (unpaired) electrons. The van der Waals surface area contributed by atoms with Gasteiger partial charge in [-0.1, -0.05) is 6.07 Å². The van der Waals surface area contributed by atoms with Gasteiger partial charge in [0.05, 0.1) is 19.1 Å². The third-order valence-corrected chi connectivity index (χ3v) is 4.46. The number of ether oxygens (including phenoxy) is 1. The minimum absolute atomic E-state index is 0.177. The Balaban J connectivity index is 2.12. The molecule has 0 atom stereocenters. The first-order valence-electron chi connectivity index (χ1n) is 6.77. The first kappa shape index (κ1) is 15.6. The quantitative estimate of drug-likeness (QED) is 0.853. The third kappa shape index (κ3) is 4.09. The average Bonchev–Trinajstić information content (AvgIpc) is 2.94. The zero-order valence-corrected chi connectivity index (χ0v) is 12.9. The van der Waals surface area contributed by atoms with Crippen LogP contribution in [0.1, 0.15) is 18.1 Å². The van der Waals surface area contributed by atoms with Crippen molar-refractivity contribution in [3.63, 3.8) is 0 Å². The van der Waals surface area contributed by atoms with E-state index >= 15 is 0 Å². The van der Waals surface area contributed by atoms with E-state index in [0.717, 1.165) is 11.1 Å². The summed E-state index contributed by atoms with van der Waals surface area (Å²) in [5.74, 6) is 0.374. The number of rotatable bonds is 7. The smallest absolute Gasteiger partial charge is 0.244 e. The maximum atomic E-state index is 12.4. The zero-order chi connectivity index (χ0) is 15.3. The largest absolute Gasteiger partial charge is 0.492 e. The van der Waals surface area contributed by atoms with E-state index < -0.39 is 10.0 Å². The monoisotopic (exact) mass is 309 g/mol. The summed E-state index contributed by atoms with van der Waals surface area (Å²) in [7, 11) is -3.59. The molecular weight excluding hydrogens is 290 g/mol. The molecule has 0 unspecified atom stereocenters. The van der Waals surface area contributed by atoms with Crippen LogP contribution < -0.4 is 9.46 Å². The van der Waals surface area contributed by atoms with Crippen molar-refractivity contribution in [2.24, 2.45) is 0 Å². The van der Waals surface area contributed by atoms with E-state index in [1.165, 1.54) is 0 Å². The van der Waals surface area contributed by atoms with Crippen LogP contribution in [0.15, 0.2) is 46.1 Å². The van der Waals surface area contributed by atoms with Crippen LogP contribution >= 0.6 is 0 Å². The molecule has 0 saturated heterocycles. The van der Waals surface area contributed by atoms with Gasteiger partial charge in [-0.2, -0.15) is 0 Å². The summed E-state index contributed by atoms with van der Waals surface area (Å²) < 4.78 is 37.7. The molecule has 114 valence electrons. The summed E-state index contributed by atoms with van der Waals surface area (Å²) in [6.07, 6.45) is 3.75. The van der Waals surface area contributed by atoms with Crippen molar-refractivity contribution in [3.8, 4) is 5.75 Å². The van der Waals surface area contributed by atoms with Gasteiger partial charge in [0.2, 0.25) is 10.0 Å². The van der Waals surface area contributed by atoms with E-state index in [2.05, 4.69) is 4.72 Å². The van der Waals surface area contributed by atoms with Crippen LogP contribution in [-0.4, -0.2) is 21.6 Å². The van der Waals surface area contributed by atoms with E-state index in [4.69, 9.17) is 9.15 Å². The summed E-state index contributed by atoms with van der Waals surface area (Å²) in [6.45, 7) is 4.39. The molecule has 0 fully saturated rings. The summed E-state index contributed by atoms with van der Waals surface area (Å²) >= 11 is 0. The Bertz CT molecular complexity index is 678. The molecule has 0 amide bonds. The van der Waals surface area contributed by atoms with Crippen molar-refractivity contribution in [1.29, 1.82) is 0 Å². The maximum absolute atomic E-state index is 12.4. The van der Waals surface area contributed by atoms with Gasteiger partial charge in [-0.3, -0.25) is 0 Å². The predicted molar refractivity (Wildman–Crippen MR) is 79.9 cm³/mol. The van der Waals surface area contributed by atoms with E-state index in [0.29, 0.717) is 25.3 Å². The molecule has 5 nitrogen and oxygen atoms in total. The lowest BCUT2D eigenvalue weighted by Gasteiger charge is -2.12. The molecule has 0 aliphatic heterocycles. The van der Waals surface area contributed by atoms with Crippen molar-refractivity contribution in [2.45, 2.75) is 25.2 Å². The summed E-state index contributed by atoms with van der Waals surface area (Å²) in [5.41, 5.74) is 1.82. The van der Waals surface area contributed by atoms with Crippen molar-refractivity contribution in [1.82, 2.24) is 4.72 Å². The highest BCUT2D eigenvalue weighted by atomic mass is 32.2. The van der Waals surface area contributed by atoms with Gasteiger partial charge < -0.3 is 9.15 Å². The molecule has 1 aromatic heterocycles. The van der Waals surface area contributed by atoms with Crippen LogP contribution in [0.3, 0.4) is 0 Å². The molecule has 0 aliphatic rings. The van der Waals surface area contributed by atoms with Crippen molar-refractivity contribution in [3.05, 3.63) is 47.9 Å². The normalized spacial score (nSPS) is 11.5. The number of hydrogen-bond acceptors (Lipinski definition) is 4. The van der Waals surface area contributed by atoms with Crippen LogP contribution in [0.5, 0.6) is 5.75 Å². The Morgan fingerprint density at radius 2 is 2.10 bits per heavy atom. The fourth-order valence-corrected chi connectivity index (χ4v) is 3.20. The number of aryl methyl sites for hydroxylation is 1. The molecule has 6 heteroatoms. The van der Waals surface area contributed by atoms with E-state index in [-0.39, 0.29) is 4.90 Å². The number of furan rings is 1. The molecule has 0 spiro atoms. The SMILES string of the molecule is CCOc1ccc(C)cc1S(=O)(=O)NCCc1ccoc1. The lowest BCUT2D eigenvalue weighted by molar-refractivity contribution is 0.331. The third-order valence-electron chi connectivity index (χ3n) is 2.97. The van der Waals surface area contributed by atoms with Crippen LogP contribution in [0.4, 0.5) is 0 Å². The number of hydrogen-bond donors (Lipinski definition) is 1. The number of nitrogens with one attached hydrogen (secondary N) is 1. The van der Waals surface area contributed by atoms with Gasteiger partial charge in [0.1, 0.15) is 10.6 Å². The maximum Gasteiger partial charge on any atom is 0.244 e. The van der Waals surface area contributed by atoms with Crippen LogP contribution in [0.2, 0.25) is 0 Å². The summed E-state index contributed by atoms with van der Waals surface area (Å²) in [4.78, 5) is 0.177. The molecule has 1 N–H and O–H groups in total. The lowest BCUT2D eigenvalue weighted by Crippen LogP contribution is -2.26. The highest BCUT2D eigenvalue weighted by Gasteiger charge is 2.19. The predicted octanol–water partition coefficient (Wildman–Crippen LogP) is 2.51. The Labute approximate surface area is 125 Å². The molecule has 2 rings (SSSR count). The van der Waals surface area contributed by atoms with Crippen LogP contribution in [0.25, 0.3) is 0 Å². The van der Waals surface area contributed by atoms with Gasteiger partial charge in [0.25, 0.3) is 0 Å². The molecule has 0 saturated carbocycles. The highest BCUT2D eigenvalue weighted by Crippen LogP contribution is 2.24. The Morgan fingerprint density at radius 3 is 2.76 bits per heavy atom. The minimum atomic E-state index is -3.59. The first-order valence-corrected chi connectivity index (χ1v) is 8.25. The summed E-state index contributed by atoms with van der Waals surface area (Å²) in [6, 6.07) is 6.94. The lowest BCUT2D eigenvalue weighted by atomic mass is 10.2. The van der Waals surface area contributed by atoms with E-state index in [1.54, 1.807) is 24.7 Å². The Hall–Kier alpha value is -1.79. The Kier molecular flexibility index (Phi) is 5.03. The van der Waals surface area contributed by atoms with E-state index in [9.17, 15) is 8.42 Å². The fourth-order valence-electron chi connectivity index (χ4n) is 1.94. The van der Waals surface area contributed by atoms with E-state index in [1.807, 2.05) is 26.0 Å². The fraction of sp³-hybridized carbons (Fsp3) is 0.333. The van der Waals surface area contributed by atoms with Crippen molar-refractivity contribution < 1.29 is 17.6 Å². The van der Waals surface area contributed by atoms with Gasteiger partial charge in [0, 0.05) is 6.54 Å². The van der Waals surface area contributed by atoms with Gasteiger partial charge in [-0.05, 0) is 49.6 Å². The first-order chi connectivity index (χ1) is 10.0. The molecule has 0 aliphatic carbocycles. The van der Waals surface area contributed by atoms with Gasteiger partial charge in [-0.25, -0.2) is 13.1 Å². The molecule has 21 heavy (non-hydrogen) atoms. The van der Waals surface area contributed by atoms with Crippen molar-refractivity contribution >= 4 is 10.0 Å². The van der Waals surface area contributed by atoms with Gasteiger partial charge in [0.15, 0.2) is 0 Å². The molecule has 2 aromatic rings. The second-order valence-corrected chi connectivity index (χ2v) is 6.40. The van der Waals surface area contributed by atoms with Crippen LogP contribution in [0, 0.1) is 6.92 Å². The molecular formula is C15H19NO4S. The highest BCUT2D eigenvalue weighted by molar-refractivity contribution is 7.89. The Morgan fingerprint density at radius 1 is 1.29 bits per heavy atom. The summed E-state index contributed by atoms with van der Waals surface area (Å²) in [5, 5.41) is 0. The molecule has 0 bridgehead atoms. The molecule has 1 heterocycles. The number of sulfonamides is 1. The zero-order valence-electron chi connectivity index (χ0n) is 12.1. The second-order valence-electron chi connectivity index (χ2n) is 4.66.